The zero-order chi connectivity index (χ0) is 11.7. The van der Waals surface area contributed by atoms with Crippen LogP contribution in [0.5, 0.6) is 0 Å². The number of aliphatic hydroxyl groups excluding tert-OH is 1. The molecule has 1 N–H and O–H groups in total. The normalized spacial score (nSPS) is 10.9. The van der Waals surface area contributed by atoms with Gasteiger partial charge in [-0.05, 0) is 18.2 Å². The minimum absolute atomic E-state index is 0.230. The van der Waals surface area contributed by atoms with Gasteiger partial charge in [-0.15, -0.1) is 0 Å². The first-order valence-electron chi connectivity index (χ1n) is 5.16. The Morgan fingerprint density at radius 2 is 2.12 bits per heavy atom. The number of fused-ring (bicyclic) bond motifs is 1. The summed E-state index contributed by atoms with van der Waals surface area (Å²) in [6.45, 7) is -0.230. The first-order chi connectivity index (χ1) is 8.38. The fraction of sp³-hybridized carbons (Fsp3) is 0.0833. The molecular weight excluding hydrogens is 218 g/mol. The summed E-state index contributed by atoms with van der Waals surface area (Å²) in [4.78, 5) is 8.35. The quantitative estimate of drug-likeness (QED) is 0.722. The molecule has 0 spiro atoms. The summed E-state index contributed by atoms with van der Waals surface area (Å²) in [5.74, 6) is 0.675. The van der Waals surface area contributed by atoms with Gasteiger partial charge in [0.15, 0.2) is 5.82 Å². The maximum absolute atomic E-state index is 8.91. The number of aromatic nitrogens is 3. The lowest BCUT2D eigenvalue weighted by Gasteiger charge is -2.00. The van der Waals surface area contributed by atoms with Gasteiger partial charge in [0.2, 0.25) is 0 Å². The number of nitrogens with zero attached hydrogens (tertiary/aromatic N) is 3. The van der Waals surface area contributed by atoms with Crippen molar-refractivity contribution in [2.45, 2.75) is 6.61 Å². The molecule has 84 valence electrons. The smallest absolute Gasteiger partial charge is 0.258 e. The second-order valence-corrected chi connectivity index (χ2v) is 3.55. The van der Waals surface area contributed by atoms with Crippen molar-refractivity contribution in [1.29, 1.82) is 0 Å². The van der Waals surface area contributed by atoms with Crippen molar-refractivity contribution in [3.05, 3.63) is 42.4 Å². The van der Waals surface area contributed by atoms with E-state index in [2.05, 4.69) is 15.1 Å². The van der Waals surface area contributed by atoms with Crippen molar-refractivity contribution in [3.8, 4) is 11.5 Å². The van der Waals surface area contributed by atoms with Crippen molar-refractivity contribution < 1.29 is 9.63 Å². The van der Waals surface area contributed by atoms with Crippen molar-refractivity contribution >= 4 is 10.9 Å². The van der Waals surface area contributed by atoms with E-state index >= 15 is 0 Å². The number of aliphatic hydroxyl groups is 1. The molecule has 3 aromatic rings. The molecule has 0 radical (unpaired) electrons. The third-order valence-corrected chi connectivity index (χ3v) is 2.49. The molecule has 0 amide bonds. The Bertz CT molecular complexity index is 658. The Balaban J connectivity index is 2.23. The fourth-order valence-corrected chi connectivity index (χ4v) is 1.72. The number of rotatable bonds is 2. The van der Waals surface area contributed by atoms with Crippen LogP contribution >= 0.6 is 0 Å². The largest absolute Gasteiger partial charge is 0.388 e. The highest BCUT2D eigenvalue weighted by molar-refractivity contribution is 5.92. The minimum Gasteiger partial charge on any atom is -0.388 e. The Kier molecular flexibility index (Phi) is 2.31. The van der Waals surface area contributed by atoms with Crippen molar-refractivity contribution in [2.24, 2.45) is 0 Å². The van der Waals surface area contributed by atoms with Crippen molar-refractivity contribution in [3.63, 3.8) is 0 Å². The van der Waals surface area contributed by atoms with E-state index < -0.39 is 0 Å². The minimum atomic E-state index is -0.230. The molecule has 0 aliphatic heterocycles. The molecule has 2 heterocycles. The second-order valence-electron chi connectivity index (χ2n) is 3.55. The molecule has 1 aromatic carbocycles. The zero-order valence-corrected chi connectivity index (χ0v) is 8.87. The predicted octanol–water partition coefficient (Wildman–Crippen LogP) is 1.78. The van der Waals surface area contributed by atoms with Crippen LogP contribution in [0.15, 0.2) is 41.1 Å². The molecule has 3 rings (SSSR count). The first-order valence-corrected chi connectivity index (χ1v) is 5.16. The van der Waals surface area contributed by atoms with E-state index in [0.29, 0.717) is 5.89 Å². The summed E-state index contributed by atoms with van der Waals surface area (Å²) in [7, 11) is 0. The molecule has 0 fully saturated rings. The molecule has 0 atom stereocenters. The lowest BCUT2D eigenvalue weighted by molar-refractivity contribution is 0.264. The average Bonchev–Trinajstić information content (AvgIpc) is 2.87. The van der Waals surface area contributed by atoms with E-state index in [-0.39, 0.29) is 12.4 Å². The first kappa shape index (κ1) is 9.92. The molecule has 17 heavy (non-hydrogen) atoms. The van der Waals surface area contributed by atoms with E-state index in [4.69, 9.17) is 9.63 Å². The maximum Gasteiger partial charge on any atom is 0.258 e. The van der Waals surface area contributed by atoms with E-state index in [1.807, 2.05) is 30.3 Å². The van der Waals surface area contributed by atoms with Gasteiger partial charge in [-0.25, -0.2) is 0 Å². The van der Waals surface area contributed by atoms with Crippen LogP contribution in [-0.2, 0) is 6.61 Å². The number of benzene rings is 1. The Morgan fingerprint density at radius 1 is 1.18 bits per heavy atom. The highest BCUT2D eigenvalue weighted by Crippen LogP contribution is 2.25. The Labute approximate surface area is 96.7 Å². The van der Waals surface area contributed by atoms with E-state index in [1.165, 1.54) is 0 Å². The van der Waals surface area contributed by atoms with Gasteiger partial charge in [0.25, 0.3) is 5.89 Å². The SMILES string of the molecule is OCc1noc(-c2cccc3ncccc23)n1. The highest BCUT2D eigenvalue weighted by atomic mass is 16.5. The van der Waals surface area contributed by atoms with E-state index in [9.17, 15) is 0 Å². The topological polar surface area (TPSA) is 72.0 Å². The monoisotopic (exact) mass is 227 g/mol. The molecule has 0 saturated heterocycles. The van der Waals surface area contributed by atoms with Gasteiger partial charge < -0.3 is 9.63 Å². The van der Waals surface area contributed by atoms with Crippen LogP contribution in [0, 0.1) is 0 Å². The van der Waals surface area contributed by atoms with Crippen LogP contribution in [0.1, 0.15) is 5.82 Å². The van der Waals surface area contributed by atoms with Crippen LogP contribution < -0.4 is 0 Å². The summed E-state index contributed by atoms with van der Waals surface area (Å²) in [5.41, 5.74) is 1.69. The van der Waals surface area contributed by atoms with Crippen LogP contribution in [0.4, 0.5) is 0 Å². The summed E-state index contributed by atoms with van der Waals surface area (Å²) in [5, 5.41) is 13.5. The highest BCUT2D eigenvalue weighted by Gasteiger charge is 2.11. The number of hydrogen-bond donors (Lipinski definition) is 1. The van der Waals surface area contributed by atoms with Gasteiger partial charge in [-0.1, -0.05) is 17.3 Å². The van der Waals surface area contributed by atoms with Gasteiger partial charge in [0.1, 0.15) is 6.61 Å². The third-order valence-electron chi connectivity index (χ3n) is 2.49. The average molecular weight is 227 g/mol. The summed E-state index contributed by atoms with van der Waals surface area (Å²) in [6, 6.07) is 9.49. The fourth-order valence-electron chi connectivity index (χ4n) is 1.72. The molecule has 5 nitrogen and oxygen atoms in total. The standard InChI is InChI=1S/C12H9N3O2/c16-7-11-14-12(17-15-11)9-3-1-5-10-8(9)4-2-6-13-10/h1-6,16H,7H2. The van der Waals surface area contributed by atoms with E-state index in [0.717, 1.165) is 16.5 Å². The zero-order valence-electron chi connectivity index (χ0n) is 8.87. The van der Waals surface area contributed by atoms with Gasteiger partial charge in [-0.2, -0.15) is 4.98 Å². The summed E-state index contributed by atoms with van der Waals surface area (Å²) in [6.07, 6.45) is 1.74. The van der Waals surface area contributed by atoms with Gasteiger partial charge in [-0.3, -0.25) is 4.98 Å². The molecular formula is C12H9N3O2. The molecule has 0 unspecified atom stereocenters. The predicted molar refractivity (Wildman–Crippen MR) is 61.0 cm³/mol. The van der Waals surface area contributed by atoms with Crippen LogP contribution in [0.3, 0.4) is 0 Å². The molecule has 0 bridgehead atoms. The number of pyridine rings is 1. The number of hydrogen-bond acceptors (Lipinski definition) is 5. The third kappa shape index (κ3) is 1.66. The van der Waals surface area contributed by atoms with Crippen LogP contribution in [0.2, 0.25) is 0 Å². The summed E-state index contributed by atoms with van der Waals surface area (Å²) < 4.78 is 5.10. The molecule has 0 aliphatic rings. The Hall–Kier alpha value is -2.27. The lowest BCUT2D eigenvalue weighted by Crippen LogP contribution is -1.86. The van der Waals surface area contributed by atoms with Gasteiger partial charge >= 0.3 is 0 Å². The van der Waals surface area contributed by atoms with Crippen molar-refractivity contribution in [1.82, 2.24) is 15.1 Å². The molecule has 2 aromatic heterocycles. The second kappa shape index (κ2) is 3.95. The maximum atomic E-state index is 8.91. The van der Waals surface area contributed by atoms with Crippen LogP contribution in [-0.4, -0.2) is 20.2 Å². The molecule has 0 saturated carbocycles. The molecule has 5 heteroatoms. The Morgan fingerprint density at radius 3 is 2.94 bits per heavy atom. The van der Waals surface area contributed by atoms with Crippen molar-refractivity contribution in [2.75, 3.05) is 0 Å². The van der Waals surface area contributed by atoms with Gasteiger partial charge in [0, 0.05) is 17.1 Å². The summed E-state index contributed by atoms with van der Waals surface area (Å²) >= 11 is 0. The lowest BCUT2D eigenvalue weighted by atomic mass is 10.1. The van der Waals surface area contributed by atoms with Gasteiger partial charge in [0.05, 0.1) is 5.52 Å². The van der Waals surface area contributed by atoms with E-state index in [1.54, 1.807) is 6.20 Å². The molecule has 0 aliphatic carbocycles. The van der Waals surface area contributed by atoms with Crippen LogP contribution in [0.25, 0.3) is 22.4 Å².